The van der Waals surface area contributed by atoms with E-state index in [1.54, 1.807) is 6.92 Å². The van der Waals surface area contributed by atoms with Crippen molar-refractivity contribution < 1.29 is 4.79 Å². The molecule has 0 amide bonds. The molecule has 1 unspecified atom stereocenters. The maximum Gasteiger partial charge on any atom is 0.147 e. The Kier molecular flexibility index (Phi) is 2.72. The standard InChI is InChI=1S/C8H13ClO/c1-6(10)8(9)7-4-2-3-5-7/h7-8H,2-5H2,1H3. The average Bonchev–Trinajstić information content (AvgIpc) is 2.36. The molecule has 1 fully saturated rings. The predicted octanol–water partition coefficient (Wildman–Crippen LogP) is 2.37. The maximum atomic E-state index is 10.8. The number of Topliss-reactive ketones (excluding diaryl/α,β-unsaturated/α-hetero) is 1. The third-order valence-electron chi connectivity index (χ3n) is 2.20. The summed E-state index contributed by atoms with van der Waals surface area (Å²) in [5.41, 5.74) is 0. The van der Waals surface area contributed by atoms with Crippen molar-refractivity contribution in [3.8, 4) is 0 Å². The minimum Gasteiger partial charge on any atom is -0.298 e. The summed E-state index contributed by atoms with van der Waals surface area (Å²) in [6.45, 7) is 1.58. The Morgan fingerprint density at radius 1 is 1.50 bits per heavy atom. The highest BCUT2D eigenvalue weighted by molar-refractivity contribution is 6.31. The Balaban J connectivity index is 2.39. The lowest BCUT2D eigenvalue weighted by atomic mass is 10.0. The van der Waals surface area contributed by atoms with E-state index in [-0.39, 0.29) is 11.2 Å². The lowest BCUT2D eigenvalue weighted by molar-refractivity contribution is -0.117. The van der Waals surface area contributed by atoms with Gasteiger partial charge in [-0.05, 0) is 25.7 Å². The third-order valence-corrected chi connectivity index (χ3v) is 2.87. The van der Waals surface area contributed by atoms with Crippen molar-refractivity contribution in [2.45, 2.75) is 38.0 Å². The van der Waals surface area contributed by atoms with Crippen molar-refractivity contribution in [1.29, 1.82) is 0 Å². The summed E-state index contributed by atoms with van der Waals surface area (Å²) in [5.74, 6) is 0.604. The first-order chi connectivity index (χ1) is 4.72. The maximum absolute atomic E-state index is 10.8. The van der Waals surface area contributed by atoms with Crippen molar-refractivity contribution in [3.05, 3.63) is 0 Å². The molecule has 1 aliphatic rings. The minimum atomic E-state index is -0.206. The average molecular weight is 161 g/mol. The minimum absolute atomic E-state index is 0.133. The largest absolute Gasteiger partial charge is 0.298 e. The number of rotatable bonds is 2. The van der Waals surface area contributed by atoms with Crippen molar-refractivity contribution >= 4 is 17.4 Å². The first-order valence-corrected chi connectivity index (χ1v) is 4.30. The number of hydrogen-bond donors (Lipinski definition) is 0. The molecule has 0 spiro atoms. The van der Waals surface area contributed by atoms with Gasteiger partial charge in [0.05, 0.1) is 5.38 Å². The van der Waals surface area contributed by atoms with Crippen LogP contribution in [0.4, 0.5) is 0 Å². The Bertz CT molecular complexity index is 127. The van der Waals surface area contributed by atoms with Crippen LogP contribution in [-0.2, 0) is 4.79 Å². The molecule has 0 bridgehead atoms. The molecule has 1 aliphatic carbocycles. The van der Waals surface area contributed by atoms with Gasteiger partial charge in [0.2, 0.25) is 0 Å². The van der Waals surface area contributed by atoms with Crippen LogP contribution in [0.2, 0.25) is 0 Å². The SMILES string of the molecule is CC(=O)C(Cl)C1CCCC1. The van der Waals surface area contributed by atoms with Crippen molar-refractivity contribution in [1.82, 2.24) is 0 Å². The van der Waals surface area contributed by atoms with Gasteiger partial charge in [0.1, 0.15) is 5.78 Å². The fraction of sp³-hybridized carbons (Fsp3) is 0.875. The van der Waals surface area contributed by atoms with E-state index in [0.29, 0.717) is 5.92 Å². The van der Waals surface area contributed by atoms with Crippen LogP contribution in [0.5, 0.6) is 0 Å². The lowest BCUT2D eigenvalue weighted by Crippen LogP contribution is -2.19. The van der Waals surface area contributed by atoms with E-state index >= 15 is 0 Å². The van der Waals surface area contributed by atoms with Gasteiger partial charge in [-0.25, -0.2) is 0 Å². The Morgan fingerprint density at radius 3 is 2.40 bits per heavy atom. The van der Waals surface area contributed by atoms with Crippen LogP contribution in [0.1, 0.15) is 32.6 Å². The molecule has 0 saturated heterocycles. The zero-order chi connectivity index (χ0) is 7.56. The highest BCUT2D eigenvalue weighted by Gasteiger charge is 2.25. The van der Waals surface area contributed by atoms with Crippen LogP contribution >= 0.6 is 11.6 Å². The van der Waals surface area contributed by atoms with Crippen LogP contribution in [0, 0.1) is 5.92 Å². The quantitative estimate of drug-likeness (QED) is 0.567. The number of hydrogen-bond acceptors (Lipinski definition) is 1. The summed E-state index contributed by atoms with van der Waals surface area (Å²) in [4.78, 5) is 10.8. The van der Waals surface area contributed by atoms with E-state index in [9.17, 15) is 4.79 Å². The predicted molar refractivity (Wildman–Crippen MR) is 42.3 cm³/mol. The lowest BCUT2D eigenvalue weighted by Gasteiger charge is -2.12. The Morgan fingerprint density at radius 2 is 2.00 bits per heavy atom. The second-order valence-corrected chi connectivity index (χ2v) is 3.53. The molecule has 2 heteroatoms. The molecule has 0 N–H and O–H groups in total. The molecule has 0 radical (unpaired) electrons. The smallest absolute Gasteiger partial charge is 0.147 e. The van der Waals surface area contributed by atoms with E-state index in [2.05, 4.69) is 0 Å². The highest BCUT2D eigenvalue weighted by atomic mass is 35.5. The fourth-order valence-electron chi connectivity index (χ4n) is 1.58. The fourth-order valence-corrected chi connectivity index (χ4v) is 1.83. The molecule has 58 valence electrons. The summed E-state index contributed by atoms with van der Waals surface area (Å²) >= 11 is 5.87. The normalized spacial score (nSPS) is 23.0. The zero-order valence-corrected chi connectivity index (χ0v) is 7.03. The topological polar surface area (TPSA) is 17.1 Å². The Hall–Kier alpha value is -0.0400. The van der Waals surface area contributed by atoms with E-state index in [1.165, 1.54) is 12.8 Å². The second kappa shape index (κ2) is 3.38. The van der Waals surface area contributed by atoms with Gasteiger partial charge in [-0.3, -0.25) is 4.79 Å². The van der Waals surface area contributed by atoms with E-state index < -0.39 is 0 Å². The van der Waals surface area contributed by atoms with Crippen molar-refractivity contribution in [3.63, 3.8) is 0 Å². The number of ketones is 1. The molecule has 1 rings (SSSR count). The van der Waals surface area contributed by atoms with Gasteiger partial charge in [-0.15, -0.1) is 11.6 Å². The van der Waals surface area contributed by atoms with Gasteiger partial charge in [-0.2, -0.15) is 0 Å². The number of carbonyl (C=O) groups excluding carboxylic acids is 1. The zero-order valence-electron chi connectivity index (χ0n) is 6.27. The Labute approximate surface area is 66.8 Å². The molecule has 1 atom stereocenters. The van der Waals surface area contributed by atoms with Crippen LogP contribution < -0.4 is 0 Å². The molecule has 0 aromatic carbocycles. The van der Waals surface area contributed by atoms with E-state index in [1.807, 2.05) is 0 Å². The summed E-state index contributed by atoms with van der Waals surface area (Å²) in [6.07, 6.45) is 4.80. The second-order valence-electron chi connectivity index (χ2n) is 3.06. The molecular weight excluding hydrogens is 148 g/mol. The molecule has 0 aromatic heterocycles. The summed E-state index contributed by atoms with van der Waals surface area (Å²) in [7, 11) is 0. The molecular formula is C8H13ClO. The van der Waals surface area contributed by atoms with Crippen LogP contribution in [0.3, 0.4) is 0 Å². The van der Waals surface area contributed by atoms with Gasteiger partial charge in [-0.1, -0.05) is 12.8 Å². The van der Waals surface area contributed by atoms with Crippen LogP contribution in [-0.4, -0.2) is 11.2 Å². The van der Waals surface area contributed by atoms with Gasteiger partial charge in [0.15, 0.2) is 0 Å². The summed E-state index contributed by atoms with van der Waals surface area (Å²) in [6, 6.07) is 0. The van der Waals surface area contributed by atoms with Gasteiger partial charge < -0.3 is 0 Å². The molecule has 10 heavy (non-hydrogen) atoms. The third kappa shape index (κ3) is 1.72. The number of alkyl halides is 1. The van der Waals surface area contributed by atoms with Gasteiger partial charge in [0.25, 0.3) is 0 Å². The highest BCUT2D eigenvalue weighted by Crippen LogP contribution is 2.30. The summed E-state index contributed by atoms with van der Waals surface area (Å²) in [5, 5.41) is -0.206. The van der Waals surface area contributed by atoms with Crippen molar-refractivity contribution in [2.75, 3.05) is 0 Å². The molecule has 1 saturated carbocycles. The summed E-state index contributed by atoms with van der Waals surface area (Å²) < 4.78 is 0. The van der Waals surface area contributed by atoms with E-state index in [4.69, 9.17) is 11.6 Å². The van der Waals surface area contributed by atoms with Gasteiger partial charge in [0, 0.05) is 0 Å². The molecule has 0 aromatic rings. The van der Waals surface area contributed by atoms with Crippen LogP contribution in [0.25, 0.3) is 0 Å². The molecule has 0 heterocycles. The molecule has 0 aliphatic heterocycles. The van der Waals surface area contributed by atoms with Gasteiger partial charge >= 0.3 is 0 Å². The number of halogens is 1. The monoisotopic (exact) mass is 160 g/mol. The van der Waals surface area contributed by atoms with E-state index in [0.717, 1.165) is 12.8 Å². The first-order valence-electron chi connectivity index (χ1n) is 3.86. The van der Waals surface area contributed by atoms with Crippen LogP contribution in [0.15, 0.2) is 0 Å². The first kappa shape index (κ1) is 8.06. The van der Waals surface area contributed by atoms with Crippen molar-refractivity contribution in [2.24, 2.45) is 5.92 Å². The molecule has 1 nitrogen and oxygen atoms in total. The number of carbonyl (C=O) groups is 1.